The van der Waals surface area contributed by atoms with Gasteiger partial charge in [0.2, 0.25) is 0 Å². The van der Waals surface area contributed by atoms with Gasteiger partial charge in [-0.1, -0.05) is 11.6 Å². The Bertz CT molecular complexity index is 731. The smallest absolute Gasteiger partial charge is 0.160 e. The molecule has 0 fully saturated rings. The second-order valence-electron chi connectivity index (χ2n) is 4.29. The molecule has 3 aromatic rings. The van der Waals surface area contributed by atoms with Gasteiger partial charge in [0.15, 0.2) is 5.82 Å². The molecule has 0 saturated heterocycles. The van der Waals surface area contributed by atoms with E-state index in [-0.39, 0.29) is 0 Å². The Kier molecular flexibility index (Phi) is 3.26. The number of hydrogen-bond donors (Lipinski definition) is 1. The minimum Gasteiger partial charge on any atom is -0.330 e. The third kappa shape index (κ3) is 2.25. The number of fused-ring (bicyclic) bond motifs is 1. The predicted octanol–water partition coefficient (Wildman–Crippen LogP) is 2.85. The summed E-state index contributed by atoms with van der Waals surface area (Å²) in [4.78, 5) is 9.18. The van der Waals surface area contributed by atoms with Crippen molar-refractivity contribution in [3.05, 3.63) is 33.6 Å². The van der Waals surface area contributed by atoms with Gasteiger partial charge in [-0.25, -0.2) is 9.97 Å². The van der Waals surface area contributed by atoms with E-state index in [1.165, 1.54) is 0 Å². The standard InChI is InChI=1S/C13H13ClN4S/c1-18-11-3-2-8(14)6-9(11)17-13(18)10-7-19-12(16-10)4-5-15/h2-3,6-7H,4-5,15H2,1H3. The van der Waals surface area contributed by atoms with Crippen LogP contribution in [0.4, 0.5) is 0 Å². The van der Waals surface area contributed by atoms with Crippen LogP contribution in [0, 0.1) is 0 Å². The summed E-state index contributed by atoms with van der Waals surface area (Å²) in [6, 6.07) is 5.71. The third-order valence-electron chi connectivity index (χ3n) is 2.98. The van der Waals surface area contributed by atoms with Gasteiger partial charge in [-0.05, 0) is 24.7 Å². The van der Waals surface area contributed by atoms with Crippen LogP contribution in [0.5, 0.6) is 0 Å². The zero-order valence-electron chi connectivity index (χ0n) is 10.4. The lowest BCUT2D eigenvalue weighted by atomic mass is 10.3. The van der Waals surface area contributed by atoms with E-state index in [0.717, 1.165) is 34.0 Å². The van der Waals surface area contributed by atoms with Gasteiger partial charge < -0.3 is 10.3 Å². The first-order valence-corrected chi connectivity index (χ1v) is 7.21. The predicted molar refractivity (Wildman–Crippen MR) is 79.6 cm³/mol. The van der Waals surface area contributed by atoms with E-state index < -0.39 is 0 Å². The van der Waals surface area contributed by atoms with Crippen LogP contribution in [-0.2, 0) is 13.5 Å². The fourth-order valence-corrected chi connectivity index (χ4v) is 3.01. The van der Waals surface area contributed by atoms with Crippen molar-refractivity contribution < 1.29 is 0 Å². The molecular weight excluding hydrogens is 280 g/mol. The van der Waals surface area contributed by atoms with Crippen molar-refractivity contribution in [3.8, 4) is 11.5 Å². The summed E-state index contributed by atoms with van der Waals surface area (Å²) >= 11 is 7.62. The summed E-state index contributed by atoms with van der Waals surface area (Å²) in [5.74, 6) is 0.858. The van der Waals surface area contributed by atoms with Gasteiger partial charge in [-0.15, -0.1) is 11.3 Å². The van der Waals surface area contributed by atoms with Gasteiger partial charge in [0.25, 0.3) is 0 Å². The van der Waals surface area contributed by atoms with Crippen LogP contribution in [0.1, 0.15) is 5.01 Å². The molecule has 1 aromatic carbocycles. The minimum atomic E-state index is 0.616. The zero-order chi connectivity index (χ0) is 13.4. The minimum absolute atomic E-state index is 0.616. The second kappa shape index (κ2) is 4.92. The van der Waals surface area contributed by atoms with Crippen molar-refractivity contribution in [3.63, 3.8) is 0 Å². The molecule has 0 bridgehead atoms. The fourth-order valence-electron chi connectivity index (χ4n) is 2.05. The van der Waals surface area contributed by atoms with Crippen molar-refractivity contribution in [1.82, 2.24) is 14.5 Å². The lowest BCUT2D eigenvalue weighted by molar-refractivity contribution is 0.932. The number of imidazole rings is 1. The number of thiazole rings is 1. The maximum Gasteiger partial charge on any atom is 0.160 e. The number of aromatic nitrogens is 3. The number of hydrogen-bond acceptors (Lipinski definition) is 4. The number of benzene rings is 1. The highest BCUT2D eigenvalue weighted by Gasteiger charge is 2.13. The van der Waals surface area contributed by atoms with Gasteiger partial charge in [0.05, 0.1) is 16.0 Å². The van der Waals surface area contributed by atoms with Crippen LogP contribution in [-0.4, -0.2) is 21.1 Å². The third-order valence-corrected chi connectivity index (χ3v) is 4.13. The first kappa shape index (κ1) is 12.6. The lowest BCUT2D eigenvalue weighted by Crippen LogP contribution is -2.02. The first-order valence-electron chi connectivity index (χ1n) is 5.96. The molecular formula is C13H13ClN4S. The summed E-state index contributed by atoms with van der Waals surface area (Å²) in [7, 11) is 1.99. The van der Waals surface area contributed by atoms with E-state index in [9.17, 15) is 0 Å². The first-order chi connectivity index (χ1) is 9.19. The molecule has 3 rings (SSSR count). The van der Waals surface area contributed by atoms with Gasteiger partial charge in [0.1, 0.15) is 5.69 Å². The molecule has 0 saturated carbocycles. The van der Waals surface area contributed by atoms with Gasteiger partial charge in [0, 0.05) is 23.9 Å². The molecule has 2 aromatic heterocycles. The quantitative estimate of drug-likeness (QED) is 0.807. The Morgan fingerprint density at radius 2 is 2.21 bits per heavy atom. The number of aryl methyl sites for hydroxylation is 1. The zero-order valence-corrected chi connectivity index (χ0v) is 12.0. The van der Waals surface area contributed by atoms with E-state index >= 15 is 0 Å². The van der Waals surface area contributed by atoms with Crippen LogP contribution in [0.15, 0.2) is 23.6 Å². The molecule has 4 nitrogen and oxygen atoms in total. The van der Waals surface area contributed by atoms with Crippen molar-refractivity contribution in [2.45, 2.75) is 6.42 Å². The summed E-state index contributed by atoms with van der Waals surface area (Å²) in [5, 5.41) is 3.76. The van der Waals surface area contributed by atoms with Crippen LogP contribution < -0.4 is 5.73 Å². The molecule has 0 amide bonds. The lowest BCUT2D eigenvalue weighted by Gasteiger charge is -1.98. The summed E-state index contributed by atoms with van der Waals surface area (Å²) in [6.45, 7) is 0.616. The van der Waals surface area contributed by atoms with E-state index in [1.807, 2.05) is 35.2 Å². The summed E-state index contributed by atoms with van der Waals surface area (Å²) < 4.78 is 2.03. The SMILES string of the molecule is Cn1c(-c2csc(CCN)n2)nc2cc(Cl)ccc21. The Balaban J connectivity index is 2.10. The average molecular weight is 293 g/mol. The molecule has 0 radical (unpaired) electrons. The fraction of sp³-hybridized carbons (Fsp3) is 0.231. The Morgan fingerprint density at radius 3 is 3.00 bits per heavy atom. The molecule has 98 valence electrons. The largest absolute Gasteiger partial charge is 0.330 e. The van der Waals surface area contributed by atoms with Crippen LogP contribution in [0.25, 0.3) is 22.6 Å². The molecule has 6 heteroatoms. The van der Waals surface area contributed by atoms with Crippen LogP contribution in [0.2, 0.25) is 5.02 Å². The molecule has 19 heavy (non-hydrogen) atoms. The molecule has 2 N–H and O–H groups in total. The highest BCUT2D eigenvalue weighted by molar-refractivity contribution is 7.09. The second-order valence-corrected chi connectivity index (χ2v) is 5.67. The van der Waals surface area contributed by atoms with Crippen molar-refractivity contribution in [2.75, 3.05) is 6.54 Å². The Hall–Kier alpha value is -1.43. The number of nitrogens with two attached hydrogens (primary N) is 1. The highest BCUT2D eigenvalue weighted by atomic mass is 35.5. The van der Waals surface area contributed by atoms with Crippen LogP contribution >= 0.6 is 22.9 Å². The van der Waals surface area contributed by atoms with Crippen molar-refractivity contribution in [2.24, 2.45) is 12.8 Å². The van der Waals surface area contributed by atoms with E-state index in [1.54, 1.807) is 11.3 Å². The van der Waals surface area contributed by atoms with E-state index in [2.05, 4.69) is 9.97 Å². The van der Waals surface area contributed by atoms with Gasteiger partial charge in [-0.2, -0.15) is 0 Å². The maximum absolute atomic E-state index is 5.99. The number of halogens is 1. The molecule has 0 aliphatic heterocycles. The maximum atomic E-state index is 5.99. The highest BCUT2D eigenvalue weighted by Crippen LogP contribution is 2.26. The summed E-state index contributed by atoms with van der Waals surface area (Å²) in [5.41, 5.74) is 8.38. The normalized spacial score (nSPS) is 11.3. The van der Waals surface area contributed by atoms with E-state index in [4.69, 9.17) is 17.3 Å². The average Bonchev–Trinajstić information content (AvgIpc) is 2.95. The molecule has 0 spiro atoms. The molecule has 2 heterocycles. The van der Waals surface area contributed by atoms with Gasteiger partial charge in [-0.3, -0.25) is 0 Å². The Morgan fingerprint density at radius 1 is 1.37 bits per heavy atom. The van der Waals surface area contributed by atoms with Crippen molar-refractivity contribution in [1.29, 1.82) is 0 Å². The molecule has 0 atom stereocenters. The monoisotopic (exact) mass is 292 g/mol. The molecule has 0 aliphatic rings. The van der Waals surface area contributed by atoms with Gasteiger partial charge >= 0.3 is 0 Å². The van der Waals surface area contributed by atoms with E-state index in [0.29, 0.717) is 11.6 Å². The van der Waals surface area contributed by atoms with Crippen LogP contribution in [0.3, 0.4) is 0 Å². The molecule has 0 aliphatic carbocycles. The topological polar surface area (TPSA) is 56.7 Å². The molecule has 0 unspecified atom stereocenters. The Labute approximate surface area is 119 Å². The number of rotatable bonds is 3. The summed E-state index contributed by atoms with van der Waals surface area (Å²) in [6.07, 6.45) is 0.806. The number of nitrogens with zero attached hydrogens (tertiary/aromatic N) is 3. The van der Waals surface area contributed by atoms with Crippen molar-refractivity contribution >= 4 is 34.0 Å².